The fourth-order valence-electron chi connectivity index (χ4n) is 1.09. The Morgan fingerprint density at radius 2 is 2.29 bits per heavy atom. The number of anilines is 1. The van der Waals surface area contributed by atoms with Crippen molar-refractivity contribution in [2.75, 3.05) is 18.5 Å². The Hall–Kier alpha value is -1.02. The Labute approximate surface area is 105 Å². The van der Waals surface area contributed by atoms with Gasteiger partial charge in [-0.15, -0.1) is 0 Å². The Bertz CT molecular complexity index is 450. The predicted molar refractivity (Wildman–Crippen MR) is 62.4 cm³/mol. The minimum absolute atomic E-state index is 0.142. The Morgan fingerprint density at radius 3 is 2.82 bits per heavy atom. The molecule has 0 unspecified atom stereocenters. The average Bonchev–Trinajstić information content (AvgIpc) is 2.31. The fourth-order valence-corrected chi connectivity index (χ4v) is 1.54. The van der Waals surface area contributed by atoms with Crippen molar-refractivity contribution in [2.45, 2.75) is 19.4 Å². The van der Waals surface area contributed by atoms with Crippen molar-refractivity contribution in [3.8, 4) is 0 Å². The predicted octanol–water partition coefficient (Wildman–Crippen LogP) is 1.07. The van der Waals surface area contributed by atoms with E-state index in [2.05, 4.69) is 26.3 Å². The first-order chi connectivity index (χ1) is 7.91. The molecular weight excluding hydrogens is 300 g/mol. The van der Waals surface area contributed by atoms with Crippen molar-refractivity contribution >= 4 is 21.6 Å². The van der Waals surface area contributed by atoms with Crippen molar-refractivity contribution in [3.63, 3.8) is 0 Å². The van der Waals surface area contributed by atoms with Gasteiger partial charge in [-0.3, -0.25) is 4.79 Å². The zero-order chi connectivity index (χ0) is 13.1. The Kier molecular flexibility index (Phi) is 4.58. The third kappa shape index (κ3) is 3.47. The van der Waals surface area contributed by atoms with Crippen LogP contribution in [0.25, 0.3) is 0 Å². The van der Waals surface area contributed by atoms with Gasteiger partial charge >= 0.3 is 0 Å². The summed E-state index contributed by atoms with van der Waals surface area (Å²) in [7, 11) is 0. The van der Waals surface area contributed by atoms with Crippen molar-refractivity contribution in [2.24, 2.45) is 0 Å². The number of halogens is 3. The highest BCUT2D eigenvalue weighted by Gasteiger charge is 2.27. The first-order valence-electron chi connectivity index (χ1n) is 4.89. The molecule has 0 aromatic carbocycles. The normalized spacial score (nSPS) is 11.6. The highest BCUT2D eigenvalue weighted by atomic mass is 79.9. The lowest BCUT2D eigenvalue weighted by atomic mass is 10.3. The molecule has 0 amide bonds. The van der Waals surface area contributed by atoms with Gasteiger partial charge in [-0.1, -0.05) is 0 Å². The molecule has 0 fully saturated rings. The summed E-state index contributed by atoms with van der Waals surface area (Å²) in [6.07, 6.45) is 1.28. The van der Waals surface area contributed by atoms with E-state index in [0.29, 0.717) is 6.54 Å². The van der Waals surface area contributed by atoms with Gasteiger partial charge in [0.2, 0.25) is 0 Å². The summed E-state index contributed by atoms with van der Waals surface area (Å²) in [6, 6.07) is 0. The fraction of sp³-hybridized carbons (Fsp3) is 0.556. The number of nitrogens with zero attached hydrogens (tertiary/aromatic N) is 2. The molecule has 5 nitrogen and oxygen atoms in total. The number of aliphatic hydroxyl groups is 1. The maximum Gasteiger partial charge on any atom is 0.287 e. The molecule has 2 N–H and O–H groups in total. The molecule has 1 rings (SSSR count). The molecule has 1 aromatic heterocycles. The zero-order valence-corrected chi connectivity index (χ0v) is 10.7. The maximum atomic E-state index is 12.8. The number of aliphatic hydroxyl groups excluding tert-OH is 1. The summed E-state index contributed by atoms with van der Waals surface area (Å²) >= 11 is 3.02. The summed E-state index contributed by atoms with van der Waals surface area (Å²) in [4.78, 5) is 11.6. The largest absolute Gasteiger partial charge is 0.390 e. The van der Waals surface area contributed by atoms with E-state index in [1.54, 1.807) is 6.92 Å². The van der Waals surface area contributed by atoms with Crippen LogP contribution in [-0.4, -0.2) is 34.0 Å². The van der Waals surface area contributed by atoms with E-state index in [4.69, 9.17) is 5.11 Å². The minimum atomic E-state index is -3.24. The summed E-state index contributed by atoms with van der Waals surface area (Å²) in [5, 5.41) is 14.5. The molecule has 0 bridgehead atoms. The Morgan fingerprint density at radius 1 is 1.65 bits per heavy atom. The SMILES string of the molecule is CCn1ncc(NCC(F)(F)CO)c(Br)c1=O. The van der Waals surface area contributed by atoms with Gasteiger partial charge in [0, 0.05) is 6.54 Å². The van der Waals surface area contributed by atoms with Crippen LogP contribution in [0.5, 0.6) is 0 Å². The molecule has 0 radical (unpaired) electrons. The van der Waals surface area contributed by atoms with Gasteiger partial charge in [-0.05, 0) is 22.9 Å². The summed E-state index contributed by atoms with van der Waals surface area (Å²) < 4.78 is 26.9. The summed E-state index contributed by atoms with van der Waals surface area (Å²) in [5.41, 5.74) is -0.224. The molecule has 0 spiro atoms. The first kappa shape index (κ1) is 14.0. The molecular formula is C9H12BrF2N3O2. The van der Waals surface area contributed by atoms with Crippen LogP contribution in [0.1, 0.15) is 6.92 Å². The number of rotatable bonds is 5. The quantitative estimate of drug-likeness (QED) is 0.853. The van der Waals surface area contributed by atoms with Gasteiger partial charge in [0.05, 0.1) is 18.4 Å². The number of aryl methyl sites for hydroxylation is 1. The molecule has 17 heavy (non-hydrogen) atoms. The second-order valence-corrected chi connectivity index (χ2v) is 4.15. The number of nitrogens with one attached hydrogen (secondary N) is 1. The molecule has 8 heteroatoms. The summed E-state index contributed by atoms with van der Waals surface area (Å²) in [6.45, 7) is 0.120. The monoisotopic (exact) mass is 311 g/mol. The van der Waals surface area contributed by atoms with Crippen LogP contribution in [0.4, 0.5) is 14.5 Å². The third-order valence-electron chi connectivity index (χ3n) is 2.05. The standard InChI is InChI=1S/C9H12BrF2N3O2/c1-2-15-8(17)7(10)6(3-14-15)13-4-9(11,12)5-16/h3,13,16H,2,4-5H2,1H3. The van der Waals surface area contributed by atoms with Crippen LogP contribution >= 0.6 is 15.9 Å². The van der Waals surface area contributed by atoms with E-state index in [1.165, 1.54) is 10.9 Å². The van der Waals surface area contributed by atoms with Crippen LogP contribution in [0, 0.1) is 0 Å². The molecule has 0 aliphatic carbocycles. The minimum Gasteiger partial charge on any atom is -0.390 e. The van der Waals surface area contributed by atoms with Crippen molar-refractivity contribution < 1.29 is 13.9 Å². The molecule has 0 saturated heterocycles. The Balaban J connectivity index is 2.87. The molecule has 0 aliphatic rings. The second kappa shape index (κ2) is 5.54. The molecule has 1 aromatic rings. The lowest BCUT2D eigenvalue weighted by molar-refractivity contribution is -0.0373. The number of alkyl halides is 2. The van der Waals surface area contributed by atoms with Crippen LogP contribution in [0.15, 0.2) is 15.5 Å². The lowest BCUT2D eigenvalue weighted by Crippen LogP contribution is -2.32. The van der Waals surface area contributed by atoms with Gasteiger partial charge in [0.25, 0.3) is 11.5 Å². The molecule has 0 saturated carbocycles. The van der Waals surface area contributed by atoms with Crippen LogP contribution in [0.3, 0.4) is 0 Å². The van der Waals surface area contributed by atoms with Crippen LogP contribution in [-0.2, 0) is 6.54 Å². The average molecular weight is 312 g/mol. The topological polar surface area (TPSA) is 67.2 Å². The van der Waals surface area contributed by atoms with Gasteiger partial charge < -0.3 is 10.4 Å². The number of hydrogen-bond acceptors (Lipinski definition) is 4. The van der Waals surface area contributed by atoms with E-state index in [-0.39, 0.29) is 10.2 Å². The van der Waals surface area contributed by atoms with E-state index >= 15 is 0 Å². The number of aromatic nitrogens is 2. The van der Waals surface area contributed by atoms with Gasteiger partial charge in [-0.2, -0.15) is 5.10 Å². The van der Waals surface area contributed by atoms with E-state index in [9.17, 15) is 13.6 Å². The molecule has 0 atom stereocenters. The first-order valence-corrected chi connectivity index (χ1v) is 5.68. The second-order valence-electron chi connectivity index (χ2n) is 3.36. The van der Waals surface area contributed by atoms with Crippen molar-refractivity contribution in [1.82, 2.24) is 9.78 Å². The van der Waals surface area contributed by atoms with Crippen LogP contribution in [0.2, 0.25) is 0 Å². The van der Waals surface area contributed by atoms with E-state index in [1.807, 2.05) is 0 Å². The third-order valence-corrected chi connectivity index (χ3v) is 2.82. The van der Waals surface area contributed by atoms with E-state index < -0.39 is 24.6 Å². The van der Waals surface area contributed by atoms with Gasteiger partial charge in [-0.25, -0.2) is 13.5 Å². The van der Waals surface area contributed by atoms with Crippen molar-refractivity contribution in [1.29, 1.82) is 0 Å². The van der Waals surface area contributed by atoms with Crippen molar-refractivity contribution in [3.05, 3.63) is 21.0 Å². The maximum absolute atomic E-state index is 12.8. The highest BCUT2D eigenvalue weighted by molar-refractivity contribution is 9.10. The van der Waals surface area contributed by atoms with Crippen LogP contribution < -0.4 is 10.9 Å². The summed E-state index contributed by atoms with van der Waals surface area (Å²) in [5.74, 6) is -3.24. The van der Waals surface area contributed by atoms with E-state index in [0.717, 1.165) is 0 Å². The lowest BCUT2D eigenvalue weighted by Gasteiger charge is -2.15. The number of hydrogen-bond donors (Lipinski definition) is 2. The molecule has 1 heterocycles. The van der Waals surface area contributed by atoms with Gasteiger partial charge in [0.1, 0.15) is 11.1 Å². The molecule has 0 aliphatic heterocycles. The smallest absolute Gasteiger partial charge is 0.287 e. The zero-order valence-electron chi connectivity index (χ0n) is 9.08. The van der Waals surface area contributed by atoms with Gasteiger partial charge in [0.15, 0.2) is 0 Å². The highest BCUT2D eigenvalue weighted by Crippen LogP contribution is 2.19. The molecule has 96 valence electrons.